The van der Waals surface area contributed by atoms with Crippen molar-refractivity contribution in [2.24, 2.45) is 0 Å². The van der Waals surface area contributed by atoms with Crippen LogP contribution in [0.15, 0.2) is 48.0 Å². The van der Waals surface area contributed by atoms with Crippen LogP contribution in [0.4, 0.5) is 9.18 Å². The number of ether oxygens (including phenoxy) is 2. The van der Waals surface area contributed by atoms with Gasteiger partial charge in [0.15, 0.2) is 5.66 Å². The predicted octanol–water partition coefficient (Wildman–Crippen LogP) is 6.90. The van der Waals surface area contributed by atoms with Gasteiger partial charge in [-0.25, -0.2) is 9.18 Å². The summed E-state index contributed by atoms with van der Waals surface area (Å²) in [5.41, 5.74) is -1.47. The number of hydrogen-bond acceptors (Lipinski definition) is 7. The van der Waals surface area contributed by atoms with E-state index in [1.54, 1.807) is 32.0 Å². The molecule has 3 aromatic rings. The van der Waals surface area contributed by atoms with Crippen LogP contribution in [0.3, 0.4) is 0 Å². The Kier molecular flexibility index (Phi) is 9.52. The minimum atomic E-state index is -4.80. The molecule has 2 N–H and O–H groups in total. The Morgan fingerprint density at radius 2 is 1.89 bits per heavy atom. The van der Waals surface area contributed by atoms with E-state index in [9.17, 15) is 23.4 Å². The van der Waals surface area contributed by atoms with Gasteiger partial charge < -0.3 is 19.7 Å². The van der Waals surface area contributed by atoms with Crippen LogP contribution in [-0.2, 0) is 23.4 Å². The number of rotatable bonds is 9. The van der Waals surface area contributed by atoms with Gasteiger partial charge in [0.1, 0.15) is 5.82 Å². The monoisotopic (exact) mass is 575 g/mol. The number of halogens is 3. The lowest BCUT2D eigenvalue weighted by atomic mass is 10.1. The molecule has 0 spiro atoms. The second kappa shape index (κ2) is 12.2. The lowest BCUT2D eigenvalue weighted by molar-refractivity contribution is -0.120. The van der Waals surface area contributed by atoms with Crippen molar-refractivity contribution >= 4 is 70.4 Å². The van der Waals surface area contributed by atoms with Crippen LogP contribution >= 0.6 is 42.1 Å². The van der Waals surface area contributed by atoms with E-state index in [-0.39, 0.29) is 16.1 Å². The maximum atomic E-state index is 14.0. The molecule has 0 aliphatic heterocycles. The summed E-state index contributed by atoms with van der Waals surface area (Å²) >= 11 is 13.2. The van der Waals surface area contributed by atoms with Gasteiger partial charge in [0.25, 0.3) is 0 Å². The maximum Gasteiger partial charge on any atom is 0.510 e. The standard InChI is InChI=1S/C23H21Cl2FNO7PS/c1-13(2)34-23(29)32-12-33-35(30,31)21(18-11-36-20-6-4-16(25)10-17(18)20)22(28)27-8-7-14-9-15(24)3-5-19(14)26/h3-11,13,21H,12H2,1-2H3,(H,27,28)(H,30,31)/b8-7+. The SMILES string of the molecule is CC(C)OC(=O)OCOP(=O)(O)C(C(=O)N/C=C/c1cc(Cl)ccc1F)c1csc2ccc(Cl)cc12. The minimum Gasteiger partial charge on any atom is -0.432 e. The van der Waals surface area contributed by atoms with Gasteiger partial charge in [-0.1, -0.05) is 23.2 Å². The highest BCUT2D eigenvalue weighted by Crippen LogP contribution is 2.58. The van der Waals surface area contributed by atoms with Gasteiger partial charge in [0, 0.05) is 26.5 Å². The fourth-order valence-electron chi connectivity index (χ4n) is 3.08. The smallest absolute Gasteiger partial charge is 0.432 e. The molecule has 8 nitrogen and oxygen atoms in total. The average Bonchev–Trinajstić information content (AvgIpc) is 3.18. The Morgan fingerprint density at radius 1 is 1.19 bits per heavy atom. The molecular formula is C23H21Cl2FNO7PS. The third-order valence-corrected chi connectivity index (χ3v) is 7.72. The zero-order valence-corrected chi connectivity index (χ0v) is 22.2. The van der Waals surface area contributed by atoms with Gasteiger partial charge in [-0.3, -0.25) is 13.9 Å². The highest BCUT2D eigenvalue weighted by Gasteiger charge is 2.41. The fraction of sp³-hybridized carbons (Fsp3) is 0.217. The number of carbonyl (C=O) groups is 2. The second-order valence-corrected chi connectivity index (χ2v) is 11.3. The lowest BCUT2D eigenvalue weighted by Gasteiger charge is -2.21. The Morgan fingerprint density at radius 3 is 2.61 bits per heavy atom. The molecule has 2 aromatic carbocycles. The molecule has 13 heteroatoms. The van der Waals surface area contributed by atoms with E-state index in [1.807, 2.05) is 0 Å². The molecule has 1 aromatic heterocycles. The molecule has 192 valence electrons. The second-order valence-electron chi connectivity index (χ2n) is 7.61. The molecule has 1 heterocycles. The highest BCUT2D eigenvalue weighted by atomic mass is 35.5. The van der Waals surface area contributed by atoms with Crippen LogP contribution < -0.4 is 5.32 Å². The van der Waals surface area contributed by atoms with Gasteiger partial charge in [-0.2, -0.15) is 0 Å². The number of amides is 1. The van der Waals surface area contributed by atoms with Gasteiger partial charge in [-0.15, -0.1) is 11.3 Å². The summed E-state index contributed by atoms with van der Waals surface area (Å²) in [6, 6.07) is 8.78. The zero-order chi connectivity index (χ0) is 26.5. The Hall–Kier alpha value is -2.46. The number of thiophene rings is 1. The first-order valence-corrected chi connectivity index (χ1v) is 13.6. The van der Waals surface area contributed by atoms with Crippen molar-refractivity contribution in [2.45, 2.75) is 25.6 Å². The molecular weight excluding hydrogens is 555 g/mol. The van der Waals surface area contributed by atoms with Crippen molar-refractivity contribution in [3.63, 3.8) is 0 Å². The van der Waals surface area contributed by atoms with E-state index in [4.69, 9.17) is 32.5 Å². The number of nitrogens with one attached hydrogen (secondary N) is 1. The zero-order valence-electron chi connectivity index (χ0n) is 18.9. The molecule has 0 aliphatic carbocycles. The van der Waals surface area contributed by atoms with E-state index in [2.05, 4.69) is 10.1 Å². The largest absolute Gasteiger partial charge is 0.510 e. The summed E-state index contributed by atoms with van der Waals surface area (Å²) in [6.07, 6.45) is 0.773. The van der Waals surface area contributed by atoms with Crippen LogP contribution in [0.2, 0.25) is 10.0 Å². The van der Waals surface area contributed by atoms with E-state index in [1.165, 1.54) is 34.9 Å². The van der Waals surface area contributed by atoms with Crippen LogP contribution in [-0.4, -0.2) is 29.9 Å². The first-order valence-electron chi connectivity index (χ1n) is 10.4. The average molecular weight is 576 g/mol. The quantitative estimate of drug-likeness (QED) is 0.162. The Balaban J connectivity index is 1.88. The number of benzene rings is 2. The summed E-state index contributed by atoms with van der Waals surface area (Å²) < 4.78 is 42.3. The van der Waals surface area contributed by atoms with Crippen molar-refractivity contribution in [1.82, 2.24) is 5.32 Å². The summed E-state index contributed by atoms with van der Waals surface area (Å²) in [7, 11) is -4.80. The first-order chi connectivity index (χ1) is 17.0. The predicted molar refractivity (Wildman–Crippen MR) is 137 cm³/mol. The van der Waals surface area contributed by atoms with E-state index in [0.29, 0.717) is 15.1 Å². The first kappa shape index (κ1) is 28.1. The maximum absolute atomic E-state index is 14.0. The van der Waals surface area contributed by atoms with E-state index < -0.39 is 44.0 Å². The van der Waals surface area contributed by atoms with Crippen LogP contribution in [0.25, 0.3) is 16.2 Å². The van der Waals surface area contributed by atoms with Gasteiger partial charge in [-0.05, 0) is 72.7 Å². The third-order valence-electron chi connectivity index (χ3n) is 4.63. The number of fused-ring (bicyclic) bond motifs is 1. The molecule has 0 saturated carbocycles. The lowest BCUT2D eigenvalue weighted by Crippen LogP contribution is -2.26. The molecule has 0 saturated heterocycles. The van der Waals surface area contributed by atoms with Gasteiger partial charge in [0.2, 0.25) is 12.7 Å². The van der Waals surface area contributed by atoms with Crippen LogP contribution in [0.1, 0.15) is 30.6 Å². The third kappa shape index (κ3) is 7.29. The van der Waals surface area contributed by atoms with Crippen molar-refractivity contribution < 1.29 is 37.4 Å². The van der Waals surface area contributed by atoms with Crippen molar-refractivity contribution in [2.75, 3.05) is 6.79 Å². The van der Waals surface area contributed by atoms with Gasteiger partial charge >= 0.3 is 13.8 Å². The van der Waals surface area contributed by atoms with Crippen molar-refractivity contribution in [1.29, 1.82) is 0 Å². The molecule has 0 bridgehead atoms. The molecule has 0 radical (unpaired) electrons. The normalized spacial score (nSPS) is 14.1. The Bertz CT molecular complexity index is 1350. The number of hydrogen-bond donors (Lipinski definition) is 2. The minimum absolute atomic E-state index is 0.0904. The van der Waals surface area contributed by atoms with Crippen molar-refractivity contribution in [3.05, 3.63) is 75.0 Å². The number of carbonyl (C=O) groups excluding carboxylic acids is 2. The molecule has 2 unspecified atom stereocenters. The Labute approximate surface area is 220 Å². The molecule has 3 rings (SSSR count). The molecule has 2 atom stereocenters. The summed E-state index contributed by atoms with van der Waals surface area (Å²) in [4.78, 5) is 35.5. The summed E-state index contributed by atoms with van der Waals surface area (Å²) in [6.45, 7) is 2.25. The van der Waals surface area contributed by atoms with Crippen LogP contribution in [0.5, 0.6) is 0 Å². The van der Waals surface area contributed by atoms with Crippen LogP contribution in [0, 0.1) is 5.82 Å². The van der Waals surface area contributed by atoms with E-state index >= 15 is 0 Å². The molecule has 0 fully saturated rings. The molecule has 1 amide bonds. The summed E-state index contributed by atoms with van der Waals surface area (Å²) in [5, 5.41) is 5.01. The van der Waals surface area contributed by atoms with E-state index in [0.717, 1.165) is 12.3 Å². The molecule has 0 aliphatic rings. The fourth-order valence-corrected chi connectivity index (χ4v) is 5.79. The van der Waals surface area contributed by atoms with Gasteiger partial charge in [0.05, 0.1) is 6.10 Å². The topological polar surface area (TPSA) is 111 Å². The summed E-state index contributed by atoms with van der Waals surface area (Å²) in [5.74, 6) is -1.51. The molecule has 36 heavy (non-hydrogen) atoms. The highest BCUT2D eigenvalue weighted by molar-refractivity contribution is 7.54. The van der Waals surface area contributed by atoms with Crippen molar-refractivity contribution in [3.8, 4) is 0 Å².